The van der Waals surface area contributed by atoms with E-state index in [9.17, 15) is 20.1 Å². The van der Waals surface area contributed by atoms with E-state index in [1.165, 1.54) is 0 Å². The second-order valence-corrected chi connectivity index (χ2v) is 11.4. The van der Waals surface area contributed by atoms with Crippen molar-refractivity contribution in [1.29, 1.82) is 0 Å². The van der Waals surface area contributed by atoms with Crippen molar-refractivity contribution >= 4 is 5.97 Å². The van der Waals surface area contributed by atoms with E-state index in [2.05, 4.69) is 20.8 Å². The lowest BCUT2D eigenvalue weighted by molar-refractivity contribution is -0.207. The smallest absolute Gasteiger partial charge is 0.303 e. The van der Waals surface area contributed by atoms with E-state index in [0.717, 1.165) is 38.5 Å². The first-order valence-corrected chi connectivity index (χ1v) is 11.9. The van der Waals surface area contributed by atoms with E-state index in [1.807, 2.05) is 0 Å². The van der Waals surface area contributed by atoms with Crippen LogP contribution in [0.25, 0.3) is 0 Å². The number of aliphatic carboxylic acids is 1. The summed E-state index contributed by atoms with van der Waals surface area (Å²) in [6.45, 7) is 6.66. The van der Waals surface area contributed by atoms with Gasteiger partial charge in [-0.2, -0.15) is 0 Å². The molecule has 4 saturated carbocycles. The summed E-state index contributed by atoms with van der Waals surface area (Å²) in [5.41, 5.74) is -0.362. The number of hydrogen-bond donors (Lipinski definition) is 4. The summed E-state index contributed by atoms with van der Waals surface area (Å²) in [5.74, 6) is 1.55. The van der Waals surface area contributed by atoms with Gasteiger partial charge in [0.2, 0.25) is 0 Å². The second-order valence-electron chi connectivity index (χ2n) is 11.4. The minimum atomic E-state index is -0.736. The van der Waals surface area contributed by atoms with Crippen LogP contribution in [0.15, 0.2) is 0 Å². The molecule has 4 N–H and O–H groups in total. The van der Waals surface area contributed by atoms with E-state index in [1.54, 1.807) is 0 Å². The van der Waals surface area contributed by atoms with Crippen LogP contribution in [0.4, 0.5) is 0 Å². The first-order valence-electron chi connectivity index (χ1n) is 11.9. The molecule has 1 unspecified atom stereocenters. The van der Waals surface area contributed by atoms with Crippen LogP contribution in [0, 0.1) is 46.3 Å². The van der Waals surface area contributed by atoms with Crippen LogP contribution >= 0.6 is 0 Å². The summed E-state index contributed by atoms with van der Waals surface area (Å²) < 4.78 is 0. The third kappa shape index (κ3) is 3.18. The molecule has 4 rings (SSSR count). The molecule has 0 aromatic carbocycles. The fourth-order valence-electron chi connectivity index (χ4n) is 8.78. The Kier molecular flexibility index (Phi) is 5.57. The normalized spacial score (nSPS) is 52.9. The molecule has 0 radical (unpaired) electrons. The summed E-state index contributed by atoms with van der Waals surface area (Å²) in [5, 5.41) is 41.8. The van der Waals surface area contributed by atoms with Crippen LogP contribution in [-0.2, 0) is 4.79 Å². The summed E-state index contributed by atoms with van der Waals surface area (Å²) in [6, 6.07) is 0. The molecule has 0 heterocycles. The Morgan fingerprint density at radius 1 is 0.931 bits per heavy atom. The van der Waals surface area contributed by atoms with Crippen molar-refractivity contribution in [3.63, 3.8) is 0 Å². The Hall–Kier alpha value is -0.650. The summed E-state index contributed by atoms with van der Waals surface area (Å²) >= 11 is 0. The SMILES string of the molecule is C[C@H](CCC(=O)O)[C@H]1CC[C@H]2[C@@H]3CC[C@@H]4C[C@H](O)CC(O)[C@]4(C)[C@H]3C[C@H](O)[C@]12C. The maximum atomic E-state index is 11.5. The van der Waals surface area contributed by atoms with E-state index in [0.29, 0.717) is 48.3 Å². The number of carboxylic acid groups (broad SMARTS) is 1. The van der Waals surface area contributed by atoms with Crippen LogP contribution in [0.3, 0.4) is 0 Å². The number of fused-ring (bicyclic) bond motifs is 5. The van der Waals surface area contributed by atoms with Gasteiger partial charge in [-0.3, -0.25) is 4.79 Å². The fraction of sp³-hybridized carbons (Fsp3) is 0.958. The van der Waals surface area contributed by atoms with Crippen molar-refractivity contribution in [3.05, 3.63) is 0 Å². The molecule has 4 fully saturated rings. The molecule has 0 bridgehead atoms. The molecule has 0 aliphatic heterocycles. The molecule has 0 amide bonds. The Bertz CT molecular complexity index is 637. The van der Waals surface area contributed by atoms with Crippen molar-refractivity contribution in [2.24, 2.45) is 46.3 Å². The van der Waals surface area contributed by atoms with Gasteiger partial charge in [0.1, 0.15) is 0 Å². The number of carboxylic acids is 1. The molecule has 29 heavy (non-hydrogen) atoms. The molecule has 4 aliphatic rings. The lowest BCUT2D eigenvalue weighted by Crippen LogP contribution is -2.62. The topological polar surface area (TPSA) is 98.0 Å². The van der Waals surface area contributed by atoms with Gasteiger partial charge in [0.25, 0.3) is 0 Å². The maximum Gasteiger partial charge on any atom is 0.303 e. The van der Waals surface area contributed by atoms with Gasteiger partial charge in [-0.05, 0) is 97.7 Å². The van der Waals surface area contributed by atoms with Crippen LogP contribution in [0.2, 0.25) is 0 Å². The van der Waals surface area contributed by atoms with Gasteiger partial charge in [0, 0.05) is 6.42 Å². The van der Waals surface area contributed by atoms with Crippen molar-refractivity contribution in [2.45, 2.75) is 96.9 Å². The van der Waals surface area contributed by atoms with Gasteiger partial charge in [0.05, 0.1) is 18.3 Å². The second kappa shape index (κ2) is 7.49. The molecule has 0 saturated heterocycles. The zero-order valence-corrected chi connectivity index (χ0v) is 18.3. The average Bonchev–Trinajstić information content (AvgIpc) is 3.01. The average molecular weight is 409 g/mol. The Morgan fingerprint density at radius 3 is 2.31 bits per heavy atom. The van der Waals surface area contributed by atoms with Gasteiger partial charge in [0.15, 0.2) is 0 Å². The number of aliphatic hydroxyl groups is 3. The number of carbonyl (C=O) groups is 1. The zero-order valence-electron chi connectivity index (χ0n) is 18.3. The number of aliphatic hydroxyl groups excluding tert-OH is 3. The van der Waals surface area contributed by atoms with Crippen LogP contribution in [0.1, 0.15) is 78.6 Å². The molecule has 4 aliphatic carbocycles. The van der Waals surface area contributed by atoms with Crippen molar-refractivity contribution in [1.82, 2.24) is 0 Å². The Morgan fingerprint density at radius 2 is 1.62 bits per heavy atom. The van der Waals surface area contributed by atoms with Crippen LogP contribution in [-0.4, -0.2) is 44.7 Å². The molecule has 11 atom stereocenters. The molecule has 0 spiro atoms. The molecule has 0 aromatic rings. The van der Waals surface area contributed by atoms with E-state index in [-0.39, 0.29) is 17.3 Å². The first-order chi connectivity index (χ1) is 13.6. The number of rotatable bonds is 4. The van der Waals surface area contributed by atoms with Gasteiger partial charge < -0.3 is 20.4 Å². The highest BCUT2D eigenvalue weighted by Crippen LogP contribution is 2.68. The summed E-state index contributed by atoms with van der Waals surface area (Å²) in [7, 11) is 0. The highest BCUT2D eigenvalue weighted by molar-refractivity contribution is 5.66. The van der Waals surface area contributed by atoms with Crippen molar-refractivity contribution in [3.8, 4) is 0 Å². The lowest BCUT2D eigenvalue weighted by Gasteiger charge is -2.63. The summed E-state index contributed by atoms with van der Waals surface area (Å²) in [6.07, 6.45) is 5.95. The first kappa shape index (κ1) is 21.6. The largest absolute Gasteiger partial charge is 0.481 e. The fourth-order valence-corrected chi connectivity index (χ4v) is 8.78. The standard InChI is InChI=1S/C24H40O5/c1-13(4-9-22(28)29)17-7-8-18-16-6-5-14-10-15(25)11-20(26)23(14,2)19(16)12-21(27)24(17,18)3/h13-21,25-27H,4-12H2,1-3H3,(H,28,29)/t13-,14-,15+,16+,17-,18+,19+,20?,21+,23+,24-/m1/s1. The highest BCUT2D eigenvalue weighted by Gasteiger charge is 2.65. The van der Waals surface area contributed by atoms with Crippen molar-refractivity contribution in [2.75, 3.05) is 0 Å². The molecule has 5 nitrogen and oxygen atoms in total. The van der Waals surface area contributed by atoms with E-state index < -0.39 is 24.3 Å². The molecule has 0 aromatic heterocycles. The van der Waals surface area contributed by atoms with Crippen molar-refractivity contribution < 1.29 is 25.2 Å². The third-order valence-corrected chi connectivity index (χ3v) is 10.4. The molecular weight excluding hydrogens is 368 g/mol. The van der Waals surface area contributed by atoms with E-state index >= 15 is 0 Å². The van der Waals surface area contributed by atoms with Gasteiger partial charge >= 0.3 is 5.97 Å². The molecule has 5 heteroatoms. The summed E-state index contributed by atoms with van der Waals surface area (Å²) in [4.78, 5) is 11.1. The number of hydrogen-bond acceptors (Lipinski definition) is 4. The lowest BCUT2D eigenvalue weighted by atomic mass is 9.43. The van der Waals surface area contributed by atoms with Gasteiger partial charge in [-0.15, -0.1) is 0 Å². The Labute approximate surface area is 174 Å². The van der Waals surface area contributed by atoms with Crippen LogP contribution < -0.4 is 0 Å². The zero-order chi connectivity index (χ0) is 21.1. The van der Waals surface area contributed by atoms with Gasteiger partial charge in [-0.25, -0.2) is 0 Å². The predicted molar refractivity (Wildman–Crippen MR) is 110 cm³/mol. The van der Waals surface area contributed by atoms with Gasteiger partial charge in [-0.1, -0.05) is 20.8 Å². The predicted octanol–water partition coefficient (Wildman–Crippen LogP) is 3.45. The molecule has 166 valence electrons. The maximum absolute atomic E-state index is 11.5. The van der Waals surface area contributed by atoms with E-state index in [4.69, 9.17) is 5.11 Å². The Balaban J connectivity index is 1.59. The minimum absolute atomic E-state index is 0.151. The molecular formula is C24H40O5. The highest BCUT2D eigenvalue weighted by atomic mass is 16.4. The monoisotopic (exact) mass is 408 g/mol. The quantitative estimate of drug-likeness (QED) is 0.571. The third-order valence-electron chi connectivity index (χ3n) is 10.4. The minimum Gasteiger partial charge on any atom is -0.481 e. The van der Waals surface area contributed by atoms with Crippen LogP contribution in [0.5, 0.6) is 0 Å².